The lowest BCUT2D eigenvalue weighted by Gasteiger charge is -2.12. The van der Waals surface area contributed by atoms with Crippen molar-refractivity contribution in [3.8, 4) is 0 Å². The molecule has 0 aliphatic carbocycles. The van der Waals surface area contributed by atoms with Crippen LogP contribution in [0.25, 0.3) is 0 Å². The molecule has 0 bridgehead atoms. The van der Waals surface area contributed by atoms with Crippen LogP contribution in [0.15, 0.2) is 12.7 Å². The molecule has 0 unspecified atom stereocenters. The number of ether oxygens (including phenoxy) is 2. The average Bonchev–Trinajstić information content (AvgIpc) is 2.74. The Balaban J connectivity index is 2.24. The number of rotatable bonds is 4. The van der Waals surface area contributed by atoms with Crippen LogP contribution in [0, 0.1) is 0 Å². The Kier molecular flexibility index (Phi) is 4.18. The molecule has 1 aromatic heterocycles. The van der Waals surface area contributed by atoms with Crippen molar-refractivity contribution in [2.75, 3.05) is 18.5 Å². The molecule has 19 heavy (non-hydrogen) atoms. The summed E-state index contributed by atoms with van der Waals surface area (Å²) >= 11 is 1.25. The van der Waals surface area contributed by atoms with E-state index in [2.05, 4.69) is 11.9 Å². The van der Waals surface area contributed by atoms with Crippen molar-refractivity contribution in [2.45, 2.75) is 13.0 Å². The number of fused-ring (bicyclic) bond motifs is 1. The Bertz CT molecular complexity index is 522. The lowest BCUT2D eigenvalue weighted by atomic mass is 10.1. The summed E-state index contributed by atoms with van der Waals surface area (Å²) in [6, 6.07) is 0. The maximum Gasteiger partial charge on any atom is 0.412 e. The molecule has 2 rings (SSSR count). The number of aromatic carboxylic acids is 1. The van der Waals surface area contributed by atoms with Crippen LogP contribution in [0.3, 0.4) is 0 Å². The largest absolute Gasteiger partial charge is 0.478 e. The van der Waals surface area contributed by atoms with E-state index in [4.69, 9.17) is 9.47 Å². The van der Waals surface area contributed by atoms with E-state index in [9.17, 15) is 14.7 Å². The molecule has 2 N–H and O–H groups in total. The fourth-order valence-electron chi connectivity index (χ4n) is 1.78. The highest BCUT2D eigenvalue weighted by atomic mass is 32.1. The SMILES string of the molecule is C=CCOC(=O)Nc1sc2c(c1C(=O)O)COCC2. The zero-order valence-electron chi connectivity index (χ0n) is 10.1. The summed E-state index contributed by atoms with van der Waals surface area (Å²) in [5.74, 6) is -1.08. The van der Waals surface area contributed by atoms with Crippen molar-refractivity contribution in [3.63, 3.8) is 0 Å². The predicted molar refractivity (Wildman–Crippen MR) is 69.8 cm³/mol. The van der Waals surface area contributed by atoms with Gasteiger partial charge in [0.2, 0.25) is 0 Å². The number of carboxylic acid groups (broad SMARTS) is 1. The number of anilines is 1. The zero-order chi connectivity index (χ0) is 13.8. The van der Waals surface area contributed by atoms with Crippen molar-refractivity contribution in [2.24, 2.45) is 0 Å². The van der Waals surface area contributed by atoms with Gasteiger partial charge in [-0.1, -0.05) is 12.7 Å². The monoisotopic (exact) mass is 283 g/mol. The maximum absolute atomic E-state index is 11.5. The molecule has 0 saturated heterocycles. The van der Waals surface area contributed by atoms with Gasteiger partial charge in [0.25, 0.3) is 0 Å². The number of hydrogen-bond acceptors (Lipinski definition) is 5. The van der Waals surface area contributed by atoms with Crippen LogP contribution in [0.1, 0.15) is 20.8 Å². The van der Waals surface area contributed by atoms with Gasteiger partial charge >= 0.3 is 12.1 Å². The Morgan fingerprint density at radius 2 is 2.37 bits per heavy atom. The van der Waals surface area contributed by atoms with Gasteiger partial charge in [0.15, 0.2) is 0 Å². The molecule has 0 spiro atoms. The van der Waals surface area contributed by atoms with Gasteiger partial charge in [-0.05, 0) is 0 Å². The molecule has 0 aromatic carbocycles. The minimum Gasteiger partial charge on any atom is -0.478 e. The van der Waals surface area contributed by atoms with Gasteiger partial charge in [-0.3, -0.25) is 5.32 Å². The summed E-state index contributed by atoms with van der Waals surface area (Å²) in [7, 11) is 0. The average molecular weight is 283 g/mol. The van der Waals surface area contributed by atoms with E-state index in [1.807, 2.05) is 0 Å². The molecule has 1 aliphatic rings. The molecular formula is C12H13NO5S. The van der Waals surface area contributed by atoms with E-state index in [0.717, 1.165) is 4.88 Å². The number of hydrogen-bond donors (Lipinski definition) is 2. The second-order valence-electron chi connectivity index (χ2n) is 3.83. The normalized spacial score (nSPS) is 13.5. The zero-order valence-corrected chi connectivity index (χ0v) is 10.9. The number of carbonyl (C=O) groups excluding carboxylic acids is 1. The molecule has 6 nitrogen and oxygen atoms in total. The number of carbonyl (C=O) groups is 2. The minimum absolute atomic E-state index is 0.0719. The van der Waals surface area contributed by atoms with Crippen LogP contribution in [-0.2, 0) is 22.5 Å². The van der Waals surface area contributed by atoms with Crippen molar-refractivity contribution in [3.05, 3.63) is 28.7 Å². The summed E-state index contributed by atoms with van der Waals surface area (Å²) in [5, 5.41) is 12.0. The first-order valence-electron chi connectivity index (χ1n) is 5.63. The summed E-state index contributed by atoms with van der Waals surface area (Å²) < 4.78 is 10.0. The summed E-state index contributed by atoms with van der Waals surface area (Å²) in [6.07, 6.45) is 1.40. The number of carboxylic acids is 1. The Labute approximate surface area is 113 Å². The third-order valence-electron chi connectivity index (χ3n) is 2.57. The molecule has 0 fully saturated rings. The van der Waals surface area contributed by atoms with Gasteiger partial charge in [0.1, 0.15) is 17.2 Å². The van der Waals surface area contributed by atoms with Crippen molar-refractivity contribution in [1.82, 2.24) is 0 Å². The van der Waals surface area contributed by atoms with Gasteiger partial charge in [-0.15, -0.1) is 11.3 Å². The second-order valence-corrected chi connectivity index (χ2v) is 4.93. The summed E-state index contributed by atoms with van der Waals surface area (Å²) in [4.78, 5) is 23.7. The maximum atomic E-state index is 11.5. The van der Waals surface area contributed by atoms with E-state index >= 15 is 0 Å². The van der Waals surface area contributed by atoms with Crippen LogP contribution >= 0.6 is 11.3 Å². The molecule has 102 valence electrons. The Hall–Kier alpha value is -1.86. The molecule has 0 radical (unpaired) electrons. The smallest absolute Gasteiger partial charge is 0.412 e. The third-order valence-corrected chi connectivity index (χ3v) is 3.78. The van der Waals surface area contributed by atoms with Crippen molar-refractivity contribution >= 4 is 28.4 Å². The number of thiophene rings is 1. The summed E-state index contributed by atoms with van der Waals surface area (Å²) in [5.41, 5.74) is 0.734. The lowest BCUT2D eigenvalue weighted by Crippen LogP contribution is -2.16. The van der Waals surface area contributed by atoms with Crippen LogP contribution in [-0.4, -0.2) is 30.4 Å². The van der Waals surface area contributed by atoms with E-state index in [1.165, 1.54) is 17.4 Å². The van der Waals surface area contributed by atoms with Gasteiger partial charge in [-0.2, -0.15) is 0 Å². The summed E-state index contributed by atoms with van der Waals surface area (Å²) in [6.45, 7) is 4.32. The molecule has 1 amide bonds. The first kappa shape index (κ1) is 13.6. The van der Waals surface area contributed by atoms with E-state index in [0.29, 0.717) is 18.6 Å². The van der Waals surface area contributed by atoms with Crippen molar-refractivity contribution in [1.29, 1.82) is 0 Å². The highest BCUT2D eigenvalue weighted by molar-refractivity contribution is 7.17. The van der Waals surface area contributed by atoms with Crippen LogP contribution in [0.4, 0.5) is 9.80 Å². The fourth-order valence-corrected chi connectivity index (χ4v) is 2.95. The topological polar surface area (TPSA) is 84.9 Å². The van der Waals surface area contributed by atoms with E-state index < -0.39 is 12.1 Å². The van der Waals surface area contributed by atoms with Gasteiger partial charge in [0, 0.05) is 16.9 Å². The quantitative estimate of drug-likeness (QED) is 0.828. The number of amides is 1. The minimum atomic E-state index is -1.08. The molecule has 0 saturated carbocycles. The van der Waals surface area contributed by atoms with Crippen molar-refractivity contribution < 1.29 is 24.2 Å². The molecule has 2 heterocycles. The highest BCUT2D eigenvalue weighted by Gasteiger charge is 2.26. The molecular weight excluding hydrogens is 270 g/mol. The number of nitrogens with one attached hydrogen (secondary N) is 1. The van der Waals surface area contributed by atoms with E-state index in [-0.39, 0.29) is 23.8 Å². The van der Waals surface area contributed by atoms with Crippen LogP contribution < -0.4 is 5.32 Å². The first-order valence-corrected chi connectivity index (χ1v) is 6.45. The first-order chi connectivity index (χ1) is 9.13. The standard InChI is InChI=1S/C12H13NO5S/c1-2-4-18-12(16)13-10-9(11(14)15)7-6-17-5-3-8(7)19-10/h2H,1,3-6H2,(H,13,16)(H,14,15). The fraction of sp³-hybridized carbons (Fsp3) is 0.333. The van der Waals surface area contributed by atoms with Gasteiger partial charge < -0.3 is 14.6 Å². The predicted octanol–water partition coefficient (Wildman–Crippen LogP) is 2.25. The molecule has 0 atom stereocenters. The molecule has 7 heteroatoms. The Morgan fingerprint density at radius 1 is 1.58 bits per heavy atom. The van der Waals surface area contributed by atoms with Crippen LogP contribution in [0.2, 0.25) is 0 Å². The molecule has 1 aromatic rings. The van der Waals surface area contributed by atoms with E-state index in [1.54, 1.807) is 0 Å². The lowest BCUT2D eigenvalue weighted by molar-refractivity contribution is 0.0685. The second kappa shape index (κ2) is 5.85. The van der Waals surface area contributed by atoms with Gasteiger partial charge in [0.05, 0.1) is 13.2 Å². The third kappa shape index (κ3) is 2.94. The Morgan fingerprint density at radius 3 is 3.05 bits per heavy atom. The molecule has 1 aliphatic heterocycles. The van der Waals surface area contributed by atoms with Gasteiger partial charge in [-0.25, -0.2) is 9.59 Å². The highest BCUT2D eigenvalue weighted by Crippen LogP contribution is 2.36. The van der Waals surface area contributed by atoms with Crippen LogP contribution in [0.5, 0.6) is 0 Å².